The first-order valence-electron chi connectivity index (χ1n) is 5.08. The third kappa shape index (κ3) is 3.27. The van der Waals surface area contributed by atoms with Gasteiger partial charge in [-0.25, -0.2) is 4.98 Å². The van der Waals surface area contributed by atoms with Crippen molar-refractivity contribution in [2.45, 2.75) is 33.7 Å². The van der Waals surface area contributed by atoms with E-state index in [0.717, 1.165) is 19.5 Å². The number of rotatable bonds is 5. The third-order valence-electron chi connectivity index (χ3n) is 1.93. The molecule has 0 amide bonds. The second kappa shape index (κ2) is 5.32. The maximum atomic E-state index is 5.71. The first kappa shape index (κ1) is 11.5. The highest BCUT2D eigenvalue weighted by Gasteiger charge is 2.10. The summed E-state index contributed by atoms with van der Waals surface area (Å²) in [7, 11) is 0. The Morgan fingerprint density at radius 1 is 1.50 bits per heavy atom. The van der Waals surface area contributed by atoms with Gasteiger partial charge in [-0.05, 0) is 18.9 Å². The summed E-state index contributed by atoms with van der Waals surface area (Å²) in [5.74, 6) is 0.636. The molecule has 0 bridgehead atoms. The average Bonchev–Trinajstić information content (AvgIpc) is 2.41. The summed E-state index contributed by atoms with van der Waals surface area (Å²) in [4.78, 5) is 5.65. The topological polar surface area (TPSA) is 50.9 Å². The highest BCUT2D eigenvalue weighted by atomic mass is 32.1. The number of hydrogen-bond acceptors (Lipinski definition) is 4. The molecule has 0 spiro atoms. The fraction of sp³-hybridized carbons (Fsp3) is 0.700. The molecule has 0 atom stereocenters. The summed E-state index contributed by atoms with van der Waals surface area (Å²) in [6.07, 6.45) is 1.02. The number of nitrogen functional groups attached to an aromatic ring is 1. The Bertz CT molecular complexity index is 281. The molecule has 4 heteroatoms. The monoisotopic (exact) mass is 213 g/mol. The van der Waals surface area contributed by atoms with Gasteiger partial charge in [0.15, 0.2) is 5.13 Å². The molecule has 0 radical (unpaired) electrons. The zero-order valence-electron chi connectivity index (χ0n) is 9.13. The van der Waals surface area contributed by atoms with E-state index < -0.39 is 0 Å². The van der Waals surface area contributed by atoms with E-state index in [1.807, 2.05) is 0 Å². The normalized spacial score (nSPS) is 11.1. The van der Waals surface area contributed by atoms with E-state index in [4.69, 9.17) is 5.73 Å². The molecule has 14 heavy (non-hydrogen) atoms. The second-order valence-electron chi connectivity index (χ2n) is 3.80. The number of nitrogens with one attached hydrogen (secondary N) is 1. The van der Waals surface area contributed by atoms with E-state index in [9.17, 15) is 0 Å². The molecular formula is C10H19N3S. The van der Waals surface area contributed by atoms with Gasteiger partial charge >= 0.3 is 0 Å². The van der Waals surface area contributed by atoms with E-state index in [0.29, 0.717) is 11.0 Å². The molecule has 1 aromatic rings. The van der Waals surface area contributed by atoms with Crippen molar-refractivity contribution in [3.63, 3.8) is 0 Å². The molecule has 0 saturated heterocycles. The van der Waals surface area contributed by atoms with Crippen molar-refractivity contribution < 1.29 is 0 Å². The van der Waals surface area contributed by atoms with E-state index in [1.165, 1.54) is 10.6 Å². The lowest BCUT2D eigenvalue weighted by molar-refractivity contribution is 0.628. The first-order valence-corrected chi connectivity index (χ1v) is 5.89. The third-order valence-corrected chi connectivity index (χ3v) is 2.86. The molecule has 1 rings (SSSR count). The van der Waals surface area contributed by atoms with E-state index in [-0.39, 0.29) is 0 Å². The van der Waals surface area contributed by atoms with Crippen molar-refractivity contribution >= 4 is 16.5 Å². The molecule has 0 fully saturated rings. The highest BCUT2D eigenvalue weighted by Crippen LogP contribution is 2.22. The van der Waals surface area contributed by atoms with Crippen LogP contribution in [0.3, 0.4) is 0 Å². The standard InChI is InChI=1S/C10H19N3S/c1-4-12-6-9-8(5-7(2)3)13-10(11)14-9/h7,12H,4-6H2,1-3H3,(H2,11,13). The van der Waals surface area contributed by atoms with Crippen LogP contribution in [-0.4, -0.2) is 11.5 Å². The Morgan fingerprint density at radius 2 is 2.21 bits per heavy atom. The minimum atomic E-state index is 0.636. The van der Waals surface area contributed by atoms with Gasteiger partial charge in [-0.15, -0.1) is 11.3 Å². The Morgan fingerprint density at radius 3 is 2.79 bits per heavy atom. The molecule has 3 N–H and O–H groups in total. The SMILES string of the molecule is CCNCc1sc(N)nc1CC(C)C. The summed E-state index contributed by atoms with van der Waals surface area (Å²) in [6.45, 7) is 8.39. The van der Waals surface area contributed by atoms with Gasteiger partial charge in [-0.1, -0.05) is 20.8 Å². The maximum absolute atomic E-state index is 5.71. The summed E-state index contributed by atoms with van der Waals surface area (Å²) in [5, 5.41) is 3.99. The van der Waals surface area contributed by atoms with Crippen LogP contribution < -0.4 is 11.1 Å². The number of nitrogens with zero attached hydrogens (tertiary/aromatic N) is 1. The second-order valence-corrected chi connectivity index (χ2v) is 4.92. The fourth-order valence-electron chi connectivity index (χ4n) is 1.33. The highest BCUT2D eigenvalue weighted by molar-refractivity contribution is 7.15. The Hall–Kier alpha value is -0.610. The number of aromatic nitrogens is 1. The lowest BCUT2D eigenvalue weighted by Gasteiger charge is -2.04. The van der Waals surface area contributed by atoms with Crippen LogP contribution in [0.25, 0.3) is 0 Å². The predicted octanol–water partition coefficient (Wildman–Crippen LogP) is 2.03. The molecule has 0 aliphatic carbocycles. The van der Waals surface area contributed by atoms with Crippen LogP contribution >= 0.6 is 11.3 Å². The Labute approximate surface area is 89.7 Å². The van der Waals surface area contributed by atoms with Crippen molar-refractivity contribution in [2.24, 2.45) is 5.92 Å². The molecular weight excluding hydrogens is 194 g/mol. The van der Waals surface area contributed by atoms with Gasteiger partial charge in [0.2, 0.25) is 0 Å². The van der Waals surface area contributed by atoms with Crippen LogP contribution in [0.15, 0.2) is 0 Å². The zero-order chi connectivity index (χ0) is 10.6. The summed E-state index contributed by atoms with van der Waals surface area (Å²) in [6, 6.07) is 0. The van der Waals surface area contributed by atoms with Crippen LogP contribution in [0.4, 0.5) is 5.13 Å². The van der Waals surface area contributed by atoms with Gasteiger partial charge in [-0.3, -0.25) is 0 Å². The van der Waals surface area contributed by atoms with Crippen molar-refractivity contribution in [3.8, 4) is 0 Å². The number of nitrogens with two attached hydrogens (primary N) is 1. The Kier molecular flexibility index (Phi) is 4.35. The molecule has 1 aromatic heterocycles. The molecule has 0 aliphatic heterocycles. The molecule has 0 aliphatic rings. The summed E-state index contributed by atoms with van der Waals surface area (Å²) < 4.78 is 0. The smallest absolute Gasteiger partial charge is 0.180 e. The summed E-state index contributed by atoms with van der Waals surface area (Å²) in [5.41, 5.74) is 6.88. The minimum absolute atomic E-state index is 0.636. The van der Waals surface area contributed by atoms with Crippen molar-refractivity contribution in [1.29, 1.82) is 0 Å². The zero-order valence-corrected chi connectivity index (χ0v) is 9.95. The molecule has 0 saturated carbocycles. The summed E-state index contributed by atoms with van der Waals surface area (Å²) >= 11 is 1.60. The predicted molar refractivity (Wildman–Crippen MR) is 62.4 cm³/mol. The van der Waals surface area contributed by atoms with Crippen LogP contribution in [0.2, 0.25) is 0 Å². The van der Waals surface area contributed by atoms with Crippen molar-refractivity contribution in [3.05, 3.63) is 10.6 Å². The van der Waals surface area contributed by atoms with Gasteiger partial charge in [0.05, 0.1) is 5.69 Å². The maximum Gasteiger partial charge on any atom is 0.180 e. The minimum Gasteiger partial charge on any atom is -0.375 e. The fourth-order valence-corrected chi connectivity index (χ4v) is 2.16. The van der Waals surface area contributed by atoms with Crippen LogP contribution in [0.1, 0.15) is 31.3 Å². The average molecular weight is 213 g/mol. The van der Waals surface area contributed by atoms with Crippen LogP contribution in [-0.2, 0) is 13.0 Å². The van der Waals surface area contributed by atoms with Crippen molar-refractivity contribution in [2.75, 3.05) is 12.3 Å². The number of anilines is 1. The van der Waals surface area contributed by atoms with E-state index in [2.05, 4.69) is 31.1 Å². The largest absolute Gasteiger partial charge is 0.375 e. The van der Waals surface area contributed by atoms with Crippen LogP contribution in [0, 0.1) is 5.92 Å². The van der Waals surface area contributed by atoms with Gasteiger partial charge < -0.3 is 11.1 Å². The van der Waals surface area contributed by atoms with Gasteiger partial charge in [0.1, 0.15) is 0 Å². The number of thiazole rings is 1. The molecule has 3 nitrogen and oxygen atoms in total. The van der Waals surface area contributed by atoms with Gasteiger partial charge in [0.25, 0.3) is 0 Å². The Balaban J connectivity index is 2.69. The first-order chi connectivity index (χ1) is 6.63. The molecule has 0 unspecified atom stereocenters. The molecule has 80 valence electrons. The lowest BCUT2D eigenvalue weighted by Crippen LogP contribution is -2.12. The quantitative estimate of drug-likeness (QED) is 0.787. The van der Waals surface area contributed by atoms with Crippen molar-refractivity contribution in [1.82, 2.24) is 10.3 Å². The van der Waals surface area contributed by atoms with Crippen LogP contribution in [0.5, 0.6) is 0 Å². The molecule has 0 aromatic carbocycles. The molecule has 1 heterocycles. The van der Waals surface area contributed by atoms with Gasteiger partial charge in [0, 0.05) is 11.4 Å². The van der Waals surface area contributed by atoms with E-state index >= 15 is 0 Å². The van der Waals surface area contributed by atoms with E-state index in [1.54, 1.807) is 11.3 Å². The lowest BCUT2D eigenvalue weighted by atomic mass is 10.1. The van der Waals surface area contributed by atoms with Gasteiger partial charge in [-0.2, -0.15) is 0 Å². The number of hydrogen-bond donors (Lipinski definition) is 2.